The maximum Gasteiger partial charge on any atom is 0.147 e. The fourth-order valence-corrected chi connectivity index (χ4v) is 10.3. The highest BCUT2D eigenvalue weighted by Gasteiger charge is 2.35. The second-order valence-electron chi connectivity index (χ2n) is 16.7. The molecule has 0 atom stereocenters. The average molecular weight is 757 g/mol. The Morgan fingerprint density at radius 2 is 1.27 bits per heavy atom. The quantitative estimate of drug-likeness (QED) is 0.168. The van der Waals surface area contributed by atoms with Crippen LogP contribution in [-0.4, -0.2) is 9.97 Å². The number of hydrogen-bond donors (Lipinski definition) is 0. The van der Waals surface area contributed by atoms with Crippen LogP contribution < -0.4 is 0 Å². The molecule has 13 rings (SSSR count). The standard InChI is InChI=1S/C55H36N2O2/c1-55(2)45-23-9-7-17-37(45)38-26-25-32(28-46(38)55)34-21-12-22-41-44-29-43(53-49(54(44)59-52(34)41)42-20-8-10-24-48(42)58-53)31-13-11-14-33(27-31)47-30-56-50-39-18-5-3-15-35(39)36-16-4-6-19-40(36)51(50)57-47/h3-4,6-17,19-30H,5,18H2,1-2H3. The molecule has 2 aliphatic carbocycles. The van der Waals surface area contributed by atoms with Crippen molar-refractivity contribution in [1.29, 1.82) is 0 Å². The number of nitrogens with zero attached hydrogens (tertiary/aromatic N) is 2. The van der Waals surface area contributed by atoms with Gasteiger partial charge in [-0.25, -0.2) is 4.98 Å². The molecule has 0 fully saturated rings. The molecule has 0 unspecified atom stereocenters. The van der Waals surface area contributed by atoms with Crippen LogP contribution in [0.1, 0.15) is 42.5 Å². The number of allylic oxidation sites excluding steroid dienone is 1. The van der Waals surface area contributed by atoms with Crippen molar-refractivity contribution in [3.63, 3.8) is 0 Å². The summed E-state index contributed by atoms with van der Waals surface area (Å²) in [5.41, 5.74) is 19.3. The third kappa shape index (κ3) is 4.54. The summed E-state index contributed by atoms with van der Waals surface area (Å²) in [6, 6.07) is 50.0. The van der Waals surface area contributed by atoms with Crippen molar-refractivity contribution < 1.29 is 8.83 Å². The van der Waals surface area contributed by atoms with Crippen molar-refractivity contribution in [3.8, 4) is 44.6 Å². The molecule has 2 aliphatic rings. The van der Waals surface area contributed by atoms with Gasteiger partial charge in [0.1, 0.15) is 22.3 Å². The molecule has 0 spiro atoms. The second-order valence-corrected chi connectivity index (χ2v) is 16.7. The fraction of sp³-hybridized carbons (Fsp3) is 0.0909. The van der Waals surface area contributed by atoms with Gasteiger partial charge >= 0.3 is 0 Å². The van der Waals surface area contributed by atoms with Crippen molar-refractivity contribution in [3.05, 3.63) is 174 Å². The summed E-state index contributed by atoms with van der Waals surface area (Å²) in [6.45, 7) is 4.67. The fourth-order valence-electron chi connectivity index (χ4n) is 10.3. The third-order valence-corrected chi connectivity index (χ3v) is 13.2. The summed E-state index contributed by atoms with van der Waals surface area (Å²) in [7, 11) is 0. The van der Waals surface area contributed by atoms with Crippen molar-refractivity contribution >= 4 is 71.8 Å². The van der Waals surface area contributed by atoms with E-state index in [1.165, 1.54) is 38.8 Å². The minimum absolute atomic E-state index is 0.0989. The Hall–Kier alpha value is -7.30. The van der Waals surface area contributed by atoms with E-state index in [0.29, 0.717) is 0 Å². The molecule has 0 saturated carbocycles. The van der Waals surface area contributed by atoms with Gasteiger partial charge in [0.15, 0.2) is 0 Å². The van der Waals surface area contributed by atoms with Crippen LogP contribution in [0.5, 0.6) is 0 Å². The monoisotopic (exact) mass is 756 g/mol. The lowest BCUT2D eigenvalue weighted by Gasteiger charge is -2.22. The van der Waals surface area contributed by atoms with Crippen LogP contribution in [0.3, 0.4) is 0 Å². The summed E-state index contributed by atoms with van der Waals surface area (Å²) < 4.78 is 13.8. The molecule has 4 nitrogen and oxygen atoms in total. The number of fused-ring (bicyclic) bond motifs is 16. The minimum atomic E-state index is -0.0989. The van der Waals surface area contributed by atoms with E-state index < -0.39 is 0 Å². The van der Waals surface area contributed by atoms with E-state index in [4.69, 9.17) is 18.8 Å². The first-order valence-electron chi connectivity index (χ1n) is 20.5. The molecular weight excluding hydrogens is 721 g/mol. The Morgan fingerprint density at radius 3 is 2.20 bits per heavy atom. The lowest BCUT2D eigenvalue weighted by Crippen LogP contribution is -2.14. The van der Waals surface area contributed by atoms with E-state index >= 15 is 0 Å². The smallest absolute Gasteiger partial charge is 0.147 e. The maximum atomic E-state index is 7.07. The van der Waals surface area contributed by atoms with Crippen LogP contribution in [0.15, 0.2) is 161 Å². The van der Waals surface area contributed by atoms with Gasteiger partial charge in [0.25, 0.3) is 0 Å². The van der Waals surface area contributed by atoms with Crippen molar-refractivity contribution in [2.45, 2.75) is 32.1 Å². The molecule has 0 N–H and O–H groups in total. The molecule has 0 bridgehead atoms. The summed E-state index contributed by atoms with van der Waals surface area (Å²) in [6.07, 6.45) is 8.45. The van der Waals surface area contributed by atoms with Gasteiger partial charge in [-0.1, -0.05) is 141 Å². The first-order valence-corrected chi connectivity index (χ1v) is 20.5. The van der Waals surface area contributed by atoms with Crippen molar-refractivity contribution in [1.82, 2.24) is 9.97 Å². The second kappa shape index (κ2) is 11.9. The Balaban J connectivity index is 1.01. The number of benzene rings is 8. The highest BCUT2D eigenvalue weighted by Crippen LogP contribution is 2.51. The Kier molecular flexibility index (Phi) is 6.59. The molecular formula is C55H36N2O2. The number of rotatable bonds is 3. The zero-order chi connectivity index (χ0) is 39.0. The Morgan fingerprint density at radius 1 is 0.525 bits per heavy atom. The first kappa shape index (κ1) is 32.8. The topological polar surface area (TPSA) is 52.1 Å². The maximum absolute atomic E-state index is 7.07. The van der Waals surface area contributed by atoms with Gasteiger partial charge in [0.05, 0.1) is 28.3 Å². The zero-order valence-corrected chi connectivity index (χ0v) is 32.6. The molecule has 0 saturated heterocycles. The predicted molar refractivity (Wildman–Crippen MR) is 243 cm³/mol. The number of para-hydroxylation sites is 2. The minimum Gasteiger partial charge on any atom is -0.455 e. The molecule has 3 heterocycles. The summed E-state index contributed by atoms with van der Waals surface area (Å²) >= 11 is 0. The van der Waals surface area contributed by atoms with Gasteiger partial charge < -0.3 is 8.83 Å². The molecule has 8 aromatic carbocycles. The summed E-state index contributed by atoms with van der Waals surface area (Å²) in [5.74, 6) is 0. The molecule has 278 valence electrons. The van der Waals surface area contributed by atoms with Crippen LogP contribution in [0.25, 0.3) is 116 Å². The van der Waals surface area contributed by atoms with E-state index in [1.807, 2.05) is 18.3 Å². The number of aromatic nitrogens is 2. The molecule has 0 radical (unpaired) electrons. The summed E-state index contributed by atoms with van der Waals surface area (Å²) in [4.78, 5) is 10.5. The number of aryl methyl sites for hydroxylation is 1. The van der Waals surface area contributed by atoms with Crippen LogP contribution in [-0.2, 0) is 11.8 Å². The molecule has 3 aromatic heterocycles. The van der Waals surface area contributed by atoms with Crippen LogP contribution in [0.2, 0.25) is 0 Å². The van der Waals surface area contributed by atoms with Crippen LogP contribution >= 0.6 is 0 Å². The normalized spacial score (nSPS) is 14.2. The number of hydrogen-bond acceptors (Lipinski definition) is 4. The molecule has 4 heteroatoms. The van der Waals surface area contributed by atoms with E-state index in [-0.39, 0.29) is 5.41 Å². The van der Waals surface area contributed by atoms with Crippen molar-refractivity contribution in [2.24, 2.45) is 0 Å². The van der Waals surface area contributed by atoms with Gasteiger partial charge in [0, 0.05) is 43.7 Å². The van der Waals surface area contributed by atoms with E-state index in [9.17, 15) is 0 Å². The van der Waals surface area contributed by atoms with Gasteiger partial charge in [-0.3, -0.25) is 4.98 Å². The summed E-state index contributed by atoms with van der Waals surface area (Å²) in [5, 5.41) is 6.53. The van der Waals surface area contributed by atoms with Gasteiger partial charge in [-0.2, -0.15) is 0 Å². The largest absolute Gasteiger partial charge is 0.455 e. The van der Waals surface area contributed by atoms with Gasteiger partial charge in [-0.15, -0.1) is 0 Å². The molecule has 0 aliphatic heterocycles. The van der Waals surface area contributed by atoms with Gasteiger partial charge in [-0.05, 0) is 87.0 Å². The average Bonchev–Trinajstić information content (AvgIpc) is 3.94. The Bertz CT molecular complexity index is 3650. The SMILES string of the molecule is CC1(C)c2ccccc2-c2ccc(-c3cccc4c3oc3c4cc(-c4cccc(-c5cnc6c7c(c8ccccc8c6n5)C=CCC7)c4)c4oc5ccccc5c43)cc21. The van der Waals surface area contributed by atoms with E-state index in [2.05, 4.69) is 153 Å². The van der Waals surface area contributed by atoms with Crippen molar-refractivity contribution in [2.75, 3.05) is 0 Å². The van der Waals surface area contributed by atoms with Gasteiger partial charge in [0.2, 0.25) is 0 Å². The van der Waals surface area contributed by atoms with E-state index in [0.717, 1.165) is 107 Å². The Labute approximate surface area is 340 Å². The van der Waals surface area contributed by atoms with E-state index in [1.54, 1.807) is 0 Å². The lowest BCUT2D eigenvalue weighted by atomic mass is 9.81. The highest BCUT2D eigenvalue weighted by atomic mass is 16.3. The van der Waals surface area contributed by atoms with Crippen LogP contribution in [0, 0.1) is 0 Å². The predicted octanol–water partition coefficient (Wildman–Crippen LogP) is 14.8. The molecule has 0 amide bonds. The van der Waals surface area contributed by atoms with Crippen LogP contribution in [0.4, 0.5) is 0 Å². The molecule has 59 heavy (non-hydrogen) atoms. The lowest BCUT2D eigenvalue weighted by molar-refractivity contribution is 0.660. The third-order valence-electron chi connectivity index (χ3n) is 13.2. The first-order chi connectivity index (χ1) is 29.0. The zero-order valence-electron chi connectivity index (χ0n) is 32.6. The number of furan rings is 2. The highest BCUT2D eigenvalue weighted by molar-refractivity contribution is 6.26. The molecule has 11 aromatic rings.